The summed E-state index contributed by atoms with van der Waals surface area (Å²) in [5.74, 6) is 0.828. The molecule has 0 bridgehead atoms. The molecule has 0 aliphatic heterocycles. The van der Waals surface area contributed by atoms with Crippen LogP contribution in [0.2, 0.25) is 0 Å². The van der Waals surface area contributed by atoms with E-state index in [-0.39, 0.29) is 6.04 Å². The van der Waals surface area contributed by atoms with Crippen molar-refractivity contribution in [1.29, 1.82) is 0 Å². The summed E-state index contributed by atoms with van der Waals surface area (Å²) in [6.07, 6.45) is 2.20. The predicted octanol–water partition coefficient (Wildman–Crippen LogP) is 2.77. The SMILES string of the molecule is CC(C)n1ncnc1CC(O)Cc1ccccc1Br. The van der Waals surface area contributed by atoms with Crippen LogP contribution in [0.3, 0.4) is 0 Å². The largest absolute Gasteiger partial charge is 0.392 e. The van der Waals surface area contributed by atoms with Gasteiger partial charge in [0.05, 0.1) is 6.10 Å². The molecule has 0 aliphatic rings. The molecule has 0 spiro atoms. The summed E-state index contributed by atoms with van der Waals surface area (Å²) in [6, 6.07) is 8.20. The highest BCUT2D eigenvalue weighted by Gasteiger charge is 2.14. The fourth-order valence-corrected chi connectivity index (χ4v) is 2.50. The van der Waals surface area contributed by atoms with Crippen molar-refractivity contribution in [3.05, 3.63) is 46.5 Å². The molecule has 1 aromatic carbocycles. The van der Waals surface area contributed by atoms with Gasteiger partial charge in [-0.15, -0.1) is 0 Å². The molecule has 1 unspecified atom stereocenters. The first-order valence-electron chi connectivity index (χ1n) is 6.37. The van der Waals surface area contributed by atoms with Crippen molar-refractivity contribution < 1.29 is 5.11 Å². The zero-order valence-corrected chi connectivity index (χ0v) is 12.7. The Hall–Kier alpha value is -1.20. The predicted molar refractivity (Wildman–Crippen MR) is 78.0 cm³/mol. The highest BCUT2D eigenvalue weighted by Crippen LogP contribution is 2.18. The molecule has 1 N–H and O–H groups in total. The quantitative estimate of drug-likeness (QED) is 0.920. The third-order valence-electron chi connectivity index (χ3n) is 2.97. The molecule has 1 aromatic heterocycles. The monoisotopic (exact) mass is 323 g/mol. The van der Waals surface area contributed by atoms with Crippen LogP contribution in [-0.2, 0) is 12.8 Å². The summed E-state index contributed by atoms with van der Waals surface area (Å²) >= 11 is 3.50. The van der Waals surface area contributed by atoms with E-state index in [0.29, 0.717) is 12.8 Å². The van der Waals surface area contributed by atoms with Crippen LogP contribution in [0, 0.1) is 0 Å². The van der Waals surface area contributed by atoms with Crippen molar-refractivity contribution in [2.45, 2.75) is 38.8 Å². The molecule has 0 saturated carbocycles. The van der Waals surface area contributed by atoms with E-state index < -0.39 is 6.10 Å². The van der Waals surface area contributed by atoms with E-state index in [9.17, 15) is 5.11 Å². The molecule has 0 aliphatic carbocycles. The van der Waals surface area contributed by atoms with Gasteiger partial charge in [-0.1, -0.05) is 34.1 Å². The first-order chi connectivity index (χ1) is 9.08. The molecule has 19 heavy (non-hydrogen) atoms. The van der Waals surface area contributed by atoms with Crippen molar-refractivity contribution in [2.24, 2.45) is 0 Å². The minimum atomic E-state index is -0.458. The first kappa shape index (κ1) is 14.2. The molecule has 1 atom stereocenters. The number of aliphatic hydroxyl groups is 1. The molecule has 1 heterocycles. The average molecular weight is 324 g/mol. The number of aliphatic hydroxyl groups excluding tert-OH is 1. The van der Waals surface area contributed by atoms with Crippen molar-refractivity contribution in [3.8, 4) is 0 Å². The Morgan fingerprint density at radius 1 is 1.26 bits per heavy atom. The second-order valence-electron chi connectivity index (χ2n) is 4.87. The van der Waals surface area contributed by atoms with Gasteiger partial charge >= 0.3 is 0 Å². The van der Waals surface area contributed by atoms with Crippen LogP contribution >= 0.6 is 15.9 Å². The van der Waals surface area contributed by atoms with Crippen LogP contribution in [0.5, 0.6) is 0 Å². The fourth-order valence-electron chi connectivity index (χ4n) is 2.05. The maximum atomic E-state index is 10.2. The van der Waals surface area contributed by atoms with Crippen molar-refractivity contribution in [3.63, 3.8) is 0 Å². The van der Waals surface area contributed by atoms with Gasteiger partial charge in [-0.3, -0.25) is 0 Å². The summed E-state index contributed by atoms with van der Waals surface area (Å²) in [5.41, 5.74) is 1.10. The minimum Gasteiger partial charge on any atom is -0.392 e. The average Bonchev–Trinajstić information content (AvgIpc) is 2.80. The lowest BCUT2D eigenvalue weighted by molar-refractivity contribution is 0.170. The van der Waals surface area contributed by atoms with Crippen LogP contribution in [0.25, 0.3) is 0 Å². The van der Waals surface area contributed by atoms with Gasteiger partial charge in [-0.05, 0) is 31.9 Å². The van der Waals surface area contributed by atoms with E-state index in [0.717, 1.165) is 15.9 Å². The molecule has 0 amide bonds. The number of nitrogens with zero attached hydrogens (tertiary/aromatic N) is 3. The van der Waals surface area contributed by atoms with Gasteiger partial charge in [0, 0.05) is 16.9 Å². The van der Waals surface area contributed by atoms with E-state index in [2.05, 4.69) is 39.9 Å². The Kier molecular flexibility index (Phi) is 4.71. The van der Waals surface area contributed by atoms with E-state index in [1.54, 1.807) is 6.33 Å². The maximum absolute atomic E-state index is 10.2. The lowest BCUT2D eigenvalue weighted by Crippen LogP contribution is -2.19. The lowest BCUT2D eigenvalue weighted by Gasteiger charge is -2.14. The van der Waals surface area contributed by atoms with Gasteiger partial charge in [-0.2, -0.15) is 5.10 Å². The van der Waals surface area contributed by atoms with Gasteiger partial charge in [-0.25, -0.2) is 9.67 Å². The van der Waals surface area contributed by atoms with Crippen LogP contribution in [0.1, 0.15) is 31.3 Å². The molecule has 5 heteroatoms. The smallest absolute Gasteiger partial charge is 0.138 e. The Morgan fingerprint density at radius 3 is 2.68 bits per heavy atom. The van der Waals surface area contributed by atoms with Crippen LogP contribution in [0.15, 0.2) is 35.1 Å². The number of aromatic nitrogens is 3. The highest BCUT2D eigenvalue weighted by atomic mass is 79.9. The highest BCUT2D eigenvalue weighted by molar-refractivity contribution is 9.10. The third kappa shape index (κ3) is 3.64. The number of benzene rings is 1. The number of halogens is 1. The van der Waals surface area contributed by atoms with Crippen LogP contribution in [-0.4, -0.2) is 26.0 Å². The summed E-state index contributed by atoms with van der Waals surface area (Å²) in [6.45, 7) is 4.11. The van der Waals surface area contributed by atoms with Gasteiger partial charge in [0.2, 0.25) is 0 Å². The van der Waals surface area contributed by atoms with E-state index in [4.69, 9.17) is 0 Å². The molecule has 4 nitrogen and oxygen atoms in total. The van der Waals surface area contributed by atoms with Gasteiger partial charge in [0.15, 0.2) is 0 Å². The first-order valence-corrected chi connectivity index (χ1v) is 7.17. The molecule has 0 radical (unpaired) electrons. The van der Waals surface area contributed by atoms with Gasteiger partial charge in [0.25, 0.3) is 0 Å². The third-order valence-corrected chi connectivity index (χ3v) is 3.74. The van der Waals surface area contributed by atoms with Crippen LogP contribution in [0.4, 0.5) is 0 Å². The summed E-state index contributed by atoms with van der Waals surface area (Å²) in [4.78, 5) is 4.22. The minimum absolute atomic E-state index is 0.258. The summed E-state index contributed by atoms with van der Waals surface area (Å²) in [7, 11) is 0. The van der Waals surface area contributed by atoms with Crippen molar-refractivity contribution in [1.82, 2.24) is 14.8 Å². The van der Waals surface area contributed by atoms with Crippen molar-refractivity contribution >= 4 is 15.9 Å². The molecule has 2 rings (SSSR count). The molecule has 102 valence electrons. The topological polar surface area (TPSA) is 50.9 Å². The molecular formula is C14H18BrN3O. The lowest BCUT2D eigenvalue weighted by atomic mass is 10.1. The second-order valence-corrected chi connectivity index (χ2v) is 5.72. The van der Waals surface area contributed by atoms with E-state index >= 15 is 0 Å². The molecule has 2 aromatic rings. The maximum Gasteiger partial charge on any atom is 0.138 e. The Balaban J connectivity index is 2.03. The zero-order valence-electron chi connectivity index (χ0n) is 11.1. The Morgan fingerprint density at radius 2 is 2.00 bits per heavy atom. The zero-order chi connectivity index (χ0) is 13.8. The Labute approximate surface area is 121 Å². The molecule has 0 saturated heterocycles. The Bertz CT molecular complexity index is 539. The standard InChI is InChI=1S/C14H18BrN3O/c1-10(2)18-14(16-9-17-18)8-12(19)7-11-5-3-4-6-13(11)15/h3-6,9-10,12,19H,7-8H2,1-2H3. The number of hydrogen-bond acceptors (Lipinski definition) is 3. The van der Waals surface area contributed by atoms with Crippen molar-refractivity contribution in [2.75, 3.05) is 0 Å². The van der Waals surface area contributed by atoms with E-state index in [1.807, 2.05) is 28.9 Å². The van der Waals surface area contributed by atoms with Gasteiger partial charge in [0.1, 0.15) is 12.2 Å². The second kappa shape index (κ2) is 6.30. The summed E-state index contributed by atoms with van der Waals surface area (Å²) < 4.78 is 2.88. The van der Waals surface area contributed by atoms with E-state index in [1.165, 1.54) is 0 Å². The van der Waals surface area contributed by atoms with Crippen LogP contribution < -0.4 is 0 Å². The normalized spacial score (nSPS) is 12.9. The van der Waals surface area contributed by atoms with Gasteiger partial charge < -0.3 is 5.11 Å². The molecular weight excluding hydrogens is 306 g/mol. The molecule has 0 fully saturated rings. The number of rotatable bonds is 5. The fraction of sp³-hybridized carbons (Fsp3) is 0.429. The number of hydrogen-bond donors (Lipinski definition) is 1. The summed E-state index contributed by atoms with van der Waals surface area (Å²) in [5, 5.41) is 14.4.